The van der Waals surface area contributed by atoms with Crippen LogP contribution >= 0.6 is 0 Å². The topological polar surface area (TPSA) is 114 Å². The molecule has 10 heteroatoms. The molecule has 31 heavy (non-hydrogen) atoms. The van der Waals surface area contributed by atoms with Crippen molar-refractivity contribution in [2.45, 2.75) is 46.1 Å². The summed E-state index contributed by atoms with van der Waals surface area (Å²) < 4.78 is 28.6. The van der Waals surface area contributed by atoms with Crippen LogP contribution in [0.3, 0.4) is 0 Å². The molecule has 1 saturated heterocycles. The highest BCUT2D eigenvalue weighted by Crippen LogP contribution is 2.29. The molecule has 0 saturated carbocycles. The Labute approximate surface area is 181 Å². The fourth-order valence-electron chi connectivity index (χ4n) is 3.99. The lowest BCUT2D eigenvalue weighted by atomic mass is 9.97. The molecule has 0 amide bonds. The minimum absolute atomic E-state index is 0.0155. The normalized spacial score (nSPS) is 16.7. The van der Waals surface area contributed by atoms with E-state index in [0.29, 0.717) is 43.9 Å². The maximum atomic E-state index is 12.7. The van der Waals surface area contributed by atoms with Gasteiger partial charge in [-0.25, -0.2) is 22.4 Å². The third-order valence-corrected chi connectivity index (χ3v) is 7.80. The molecule has 9 nitrogen and oxygen atoms in total. The minimum atomic E-state index is -3.30. The van der Waals surface area contributed by atoms with E-state index in [1.807, 2.05) is 51.1 Å². The van der Waals surface area contributed by atoms with E-state index in [4.69, 9.17) is 0 Å². The number of hydrogen-bond acceptors (Lipinski definition) is 6. The Morgan fingerprint density at radius 1 is 1.13 bits per heavy atom. The summed E-state index contributed by atoms with van der Waals surface area (Å²) in [6.07, 6.45) is 1.22. The molecule has 1 aromatic carbocycles. The first-order valence-electron chi connectivity index (χ1n) is 10.5. The molecule has 1 aliphatic rings. The van der Waals surface area contributed by atoms with Gasteiger partial charge in [-0.2, -0.15) is 0 Å². The Balaban J connectivity index is 1.54. The molecule has 0 bridgehead atoms. The number of nitrogens with zero attached hydrogens (tertiary/aromatic N) is 5. The zero-order valence-electron chi connectivity index (χ0n) is 18.1. The van der Waals surface area contributed by atoms with Crippen molar-refractivity contribution in [1.29, 1.82) is 0 Å². The van der Waals surface area contributed by atoms with Crippen LogP contribution < -0.4 is 5.56 Å². The van der Waals surface area contributed by atoms with Gasteiger partial charge in [-0.05, 0) is 23.8 Å². The number of fused-ring (bicyclic) bond motifs is 1. The van der Waals surface area contributed by atoms with E-state index in [1.165, 1.54) is 0 Å². The molecule has 1 aliphatic heterocycles. The Hall–Kier alpha value is -2.59. The van der Waals surface area contributed by atoms with Crippen molar-refractivity contribution in [3.8, 4) is 0 Å². The molecule has 3 aromatic rings. The number of H-pyrrole nitrogens is 1. The number of aromatic nitrogens is 5. The molecule has 3 heterocycles. The molecule has 0 unspecified atom stereocenters. The third-order valence-electron chi connectivity index (χ3n) is 5.42. The second-order valence-corrected chi connectivity index (χ2v) is 11.3. The standard InChI is InChI=1S/C21H28N6O3S/c1-21(2,3)14-31(29,30)26-11-9-16(10-12-26)18-22-19-17(20(28)23-18)24-25-27(19)13-15-7-5-4-6-8-15/h4-8,16H,9-14H2,1-3H3,(H,22,23,28). The van der Waals surface area contributed by atoms with E-state index in [-0.39, 0.29) is 28.2 Å². The monoisotopic (exact) mass is 444 g/mol. The van der Waals surface area contributed by atoms with Gasteiger partial charge in [-0.3, -0.25) is 4.79 Å². The third kappa shape index (κ3) is 4.85. The first kappa shape index (κ1) is 21.6. The number of nitrogens with one attached hydrogen (secondary N) is 1. The predicted octanol–water partition coefficient (Wildman–Crippen LogP) is 2.12. The van der Waals surface area contributed by atoms with Gasteiger partial charge >= 0.3 is 0 Å². The van der Waals surface area contributed by atoms with Crippen LogP contribution in [0.4, 0.5) is 0 Å². The highest BCUT2D eigenvalue weighted by atomic mass is 32.2. The summed E-state index contributed by atoms with van der Waals surface area (Å²) in [4.78, 5) is 20.1. The smallest absolute Gasteiger partial charge is 0.281 e. The molecule has 0 radical (unpaired) electrons. The maximum Gasteiger partial charge on any atom is 0.281 e. The van der Waals surface area contributed by atoms with Crippen molar-refractivity contribution >= 4 is 21.2 Å². The van der Waals surface area contributed by atoms with Gasteiger partial charge in [-0.15, -0.1) is 5.10 Å². The van der Waals surface area contributed by atoms with Crippen LogP contribution in [0.15, 0.2) is 35.1 Å². The van der Waals surface area contributed by atoms with Crippen LogP contribution in [0.5, 0.6) is 0 Å². The van der Waals surface area contributed by atoms with E-state index in [0.717, 1.165) is 5.56 Å². The summed E-state index contributed by atoms with van der Waals surface area (Å²) in [5.41, 5.74) is 1.09. The predicted molar refractivity (Wildman–Crippen MR) is 118 cm³/mol. The lowest BCUT2D eigenvalue weighted by Gasteiger charge is -2.32. The lowest BCUT2D eigenvalue weighted by molar-refractivity contribution is 0.307. The van der Waals surface area contributed by atoms with Crippen LogP contribution in [0.25, 0.3) is 11.2 Å². The van der Waals surface area contributed by atoms with Crippen molar-refractivity contribution in [2.24, 2.45) is 5.41 Å². The quantitative estimate of drug-likeness (QED) is 0.645. The SMILES string of the molecule is CC(C)(C)CS(=O)(=O)N1CCC(c2nc3c(nnn3Cc3ccccc3)c(=O)[nH]2)CC1. The number of sulfonamides is 1. The van der Waals surface area contributed by atoms with Gasteiger partial charge < -0.3 is 4.98 Å². The average molecular weight is 445 g/mol. The molecular weight excluding hydrogens is 416 g/mol. The van der Waals surface area contributed by atoms with Crippen molar-refractivity contribution in [3.63, 3.8) is 0 Å². The van der Waals surface area contributed by atoms with E-state index in [1.54, 1.807) is 8.99 Å². The fourth-order valence-corrected chi connectivity index (χ4v) is 6.03. The van der Waals surface area contributed by atoms with Gasteiger partial charge in [-0.1, -0.05) is 56.3 Å². The van der Waals surface area contributed by atoms with Crippen LogP contribution in [-0.2, 0) is 16.6 Å². The fraction of sp³-hybridized carbons (Fsp3) is 0.524. The minimum Gasteiger partial charge on any atom is -0.308 e. The summed E-state index contributed by atoms with van der Waals surface area (Å²) in [7, 11) is -3.30. The Morgan fingerprint density at radius 2 is 1.81 bits per heavy atom. The molecule has 0 atom stereocenters. The molecule has 2 aromatic heterocycles. The second kappa shape index (κ2) is 8.16. The highest BCUT2D eigenvalue weighted by Gasteiger charge is 2.32. The molecule has 4 rings (SSSR count). The van der Waals surface area contributed by atoms with Crippen LogP contribution in [0.2, 0.25) is 0 Å². The van der Waals surface area contributed by atoms with Crippen LogP contribution in [0.1, 0.15) is 50.9 Å². The second-order valence-electron chi connectivity index (χ2n) is 9.35. The van der Waals surface area contributed by atoms with E-state index >= 15 is 0 Å². The van der Waals surface area contributed by atoms with Gasteiger partial charge in [0.2, 0.25) is 10.0 Å². The van der Waals surface area contributed by atoms with Gasteiger partial charge in [0.15, 0.2) is 11.2 Å². The summed E-state index contributed by atoms with van der Waals surface area (Å²) in [5.74, 6) is 0.677. The van der Waals surface area contributed by atoms with Gasteiger partial charge in [0, 0.05) is 19.0 Å². The van der Waals surface area contributed by atoms with Crippen molar-refractivity contribution in [2.75, 3.05) is 18.8 Å². The van der Waals surface area contributed by atoms with Gasteiger partial charge in [0.1, 0.15) is 5.82 Å². The Bertz CT molecular complexity index is 1220. The van der Waals surface area contributed by atoms with Gasteiger partial charge in [0.25, 0.3) is 5.56 Å². The first-order valence-corrected chi connectivity index (χ1v) is 12.1. The van der Waals surface area contributed by atoms with E-state index < -0.39 is 10.0 Å². The average Bonchev–Trinajstić information content (AvgIpc) is 3.10. The first-order chi connectivity index (χ1) is 14.6. The summed E-state index contributed by atoms with van der Waals surface area (Å²) in [6.45, 7) is 7.09. The summed E-state index contributed by atoms with van der Waals surface area (Å²) in [5, 5.41) is 8.11. The van der Waals surface area contributed by atoms with Crippen LogP contribution in [0, 0.1) is 5.41 Å². The van der Waals surface area contributed by atoms with E-state index in [2.05, 4.69) is 20.3 Å². The molecule has 166 valence electrons. The van der Waals surface area contributed by atoms with Crippen LogP contribution in [-0.4, -0.2) is 56.5 Å². The molecule has 0 aliphatic carbocycles. The number of rotatable bonds is 5. The van der Waals surface area contributed by atoms with E-state index in [9.17, 15) is 13.2 Å². The largest absolute Gasteiger partial charge is 0.308 e. The summed E-state index contributed by atoms with van der Waals surface area (Å²) >= 11 is 0. The highest BCUT2D eigenvalue weighted by molar-refractivity contribution is 7.89. The summed E-state index contributed by atoms with van der Waals surface area (Å²) in [6, 6.07) is 9.80. The van der Waals surface area contributed by atoms with Crippen molar-refractivity contribution in [1.82, 2.24) is 29.3 Å². The zero-order valence-corrected chi connectivity index (χ0v) is 18.9. The number of aromatic amines is 1. The Morgan fingerprint density at radius 3 is 2.45 bits per heavy atom. The number of benzene rings is 1. The zero-order chi connectivity index (χ0) is 22.2. The molecule has 1 fully saturated rings. The molecule has 1 N–H and O–H groups in total. The lowest BCUT2D eigenvalue weighted by Crippen LogP contribution is -2.42. The number of hydrogen-bond donors (Lipinski definition) is 1. The van der Waals surface area contributed by atoms with Gasteiger partial charge in [0.05, 0.1) is 12.3 Å². The number of piperidine rings is 1. The van der Waals surface area contributed by atoms with Crippen molar-refractivity contribution in [3.05, 3.63) is 52.1 Å². The Kier molecular flexibility index (Phi) is 5.69. The molecule has 0 spiro atoms. The maximum absolute atomic E-state index is 12.7. The van der Waals surface area contributed by atoms with Crippen molar-refractivity contribution < 1.29 is 8.42 Å². The molecular formula is C21H28N6O3S.